The predicted molar refractivity (Wildman–Crippen MR) is 50.4 cm³/mol. The minimum absolute atomic E-state index is 0.335. The molecule has 0 radical (unpaired) electrons. The van der Waals surface area contributed by atoms with E-state index in [1.807, 2.05) is 0 Å². The van der Waals surface area contributed by atoms with Crippen molar-refractivity contribution in [2.75, 3.05) is 7.11 Å². The number of nitrogens with zero attached hydrogens (tertiary/aromatic N) is 1. The van der Waals surface area contributed by atoms with Crippen LogP contribution in [-0.2, 0) is 10.9 Å². The van der Waals surface area contributed by atoms with Gasteiger partial charge in [-0.15, -0.1) is 0 Å². The Hall–Kier alpha value is -1.61. The number of esters is 1. The largest absolute Gasteiger partial charge is 0.490 e. The molecule has 0 aliphatic rings. The molecular weight excluding hydrogens is 242 g/mol. The Morgan fingerprint density at radius 2 is 2.06 bits per heavy atom. The Morgan fingerprint density at radius 1 is 1.47 bits per heavy atom. The van der Waals surface area contributed by atoms with E-state index in [9.17, 15) is 18.0 Å². The lowest BCUT2D eigenvalue weighted by Crippen LogP contribution is -2.32. The summed E-state index contributed by atoms with van der Waals surface area (Å²) in [6.45, 7) is 0. The minimum Gasteiger partial charge on any atom is -0.465 e. The fourth-order valence-corrected chi connectivity index (χ4v) is 1.11. The Bertz CT molecular complexity index is 435. The first-order chi connectivity index (χ1) is 7.77. The summed E-state index contributed by atoms with van der Waals surface area (Å²) in [5, 5.41) is 17.6. The van der Waals surface area contributed by atoms with Gasteiger partial charge in [-0.25, -0.2) is 4.79 Å². The number of ether oxygens (including phenoxy) is 1. The molecule has 2 N–H and O–H groups in total. The zero-order valence-corrected chi connectivity index (χ0v) is 8.52. The highest BCUT2D eigenvalue weighted by molar-refractivity contribution is 6.58. The molecule has 0 saturated carbocycles. The van der Waals surface area contributed by atoms with Gasteiger partial charge in [0.05, 0.1) is 12.7 Å². The van der Waals surface area contributed by atoms with Crippen molar-refractivity contribution in [1.29, 1.82) is 0 Å². The van der Waals surface area contributed by atoms with Gasteiger partial charge in [0.15, 0.2) is 5.69 Å². The zero-order chi connectivity index (χ0) is 13.2. The van der Waals surface area contributed by atoms with Gasteiger partial charge in [0.1, 0.15) is 0 Å². The Labute approximate surface area is 94.0 Å². The number of rotatable bonds is 2. The van der Waals surface area contributed by atoms with Crippen molar-refractivity contribution in [3.05, 3.63) is 23.5 Å². The molecule has 17 heavy (non-hydrogen) atoms. The SMILES string of the molecule is COC(=O)c1cc(B(O)O)cnc1C(F)(F)F. The smallest absolute Gasteiger partial charge is 0.465 e. The van der Waals surface area contributed by atoms with Crippen molar-refractivity contribution in [2.45, 2.75) is 6.18 Å². The summed E-state index contributed by atoms with van der Waals surface area (Å²) in [7, 11) is -1.11. The van der Waals surface area contributed by atoms with Crippen LogP contribution in [0.25, 0.3) is 0 Å². The van der Waals surface area contributed by atoms with Crippen LogP contribution in [0.2, 0.25) is 0 Å². The molecular formula is C8H7BF3NO4. The predicted octanol–water partition coefficient (Wildman–Crippen LogP) is -0.433. The summed E-state index contributed by atoms with van der Waals surface area (Å²) in [6.07, 6.45) is -4.21. The topological polar surface area (TPSA) is 79.7 Å². The molecule has 5 nitrogen and oxygen atoms in total. The summed E-state index contributed by atoms with van der Waals surface area (Å²) in [4.78, 5) is 14.1. The van der Waals surface area contributed by atoms with Crippen LogP contribution < -0.4 is 5.46 Å². The number of carbonyl (C=O) groups is 1. The molecule has 1 rings (SSSR count). The van der Waals surface area contributed by atoms with Crippen molar-refractivity contribution in [3.8, 4) is 0 Å². The molecule has 0 aliphatic heterocycles. The number of hydrogen-bond donors (Lipinski definition) is 2. The van der Waals surface area contributed by atoms with Gasteiger partial charge in [0, 0.05) is 11.7 Å². The summed E-state index contributed by atoms with van der Waals surface area (Å²) in [5.74, 6) is -1.26. The highest BCUT2D eigenvalue weighted by atomic mass is 19.4. The van der Waals surface area contributed by atoms with Crippen LogP contribution in [0.1, 0.15) is 16.1 Å². The molecule has 1 heterocycles. The average Bonchev–Trinajstić information content (AvgIpc) is 2.25. The van der Waals surface area contributed by atoms with E-state index in [1.54, 1.807) is 0 Å². The molecule has 0 unspecified atom stereocenters. The van der Waals surface area contributed by atoms with E-state index in [4.69, 9.17) is 10.0 Å². The van der Waals surface area contributed by atoms with Crippen LogP contribution in [0.5, 0.6) is 0 Å². The highest BCUT2D eigenvalue weighted by Crippen LogP contribution is 2.29. The van der Waals surface area contributed by atoms with E-state index in [1.165, 1.54) is 0 Å². The molecule has 0 bridgehead atoms. The number of pyridine rings is 1. The normalized spacial score (nSPS) is 11.2. The molecule has 92 valence electrons. The molecule has 0 atom stereocenters. The standard InChI is InChI=1S/C8H7BF3NO4/c1-17-7(14)5-2-4(9(15)16)3-13-6(5)8(10,11)12/h2-3,15-16H,1H3. The number of hydrogen-bond acceptors (Lipinski definition) is 5. The lowest BCUT2D eigenvalue weighted by Gasteiger charge is -2.11. The quantitative estimate of drug-likeness (QED) is 0.549. The van der Waals surface area contributed by atoms with Crippen molar-refractivity contribution in [3.63, 3.8) is 0 Å². The summed E-state index contributed by atoms with van der Waals surface area (Å²) >= 11 is 0. The zero-order valence-electron chi connectivity index (χ0n) is 8.52. The maximum Gasteiger partial charge on any atom is 0.490 e. The second-order valence-electron chi connectivity index (χ2n) is 3.03. The van der Waals surface area contributed by atoms with Crippen molar-refractivity contribution >= 4 is 18.6 Å². The Kier molecular flexibility index (Phi) is 3.74. The van der Waals surface area contributed by atoms with Gasteiger partial charge in [-0.1, -0.05) is 0 Å². The Morgan fingerprint density at radius 3 is 2.47 bits per heavy atom. The lowest BCUT2D eigenvalue weighted by atomic mass is 9.80. The third-order valence-corrected chi connectivity index (χ3v) is 1.88. The summed E-state index contributed by atoms with van der Waals surface area (Å²) in [5.41, 5.74) is -2.64. The summed E-state index contributed by atoms with van der Waals surface area (Å²) in [6, 6.07) is 0.673. The van der Waals surface area contributed by atoms with Crippen LogP contribution in [0.15, 0.2) is 12.3 Å². The molecule has 0 fully saturated rings. The minimum atomic E-state index is -4.83. The van der Waals surface area contributed by atoms with E-state index in [2.05, 4.69) is 9.72 Å². The van der Waals surface area contributed by atoms with Crippen LogP contribution >= 0.6 is 0 Å². The van der Waals surface area contributed by atoms with Gasteiger partial charge in [-0.2, -0.15) is 13.2 Å². The molecule has 0 amide bonds. The third-order valence-electron chi connectivity index (χ3n) is 1.88. The van der Waals surface area contributed by atoms with Crippen LogP contribution in [0, 0.1) is 0 Å². The number of aromatic nitrogens is 1. The lowest BCUT2D eigenvalue weighted by molar-refractivity contribution is -0.141. The second kappa shape index (κ2) is 4.72. The molecule has 9 heteroatoms. The van der Waals surface area contributed by atoms with E-state index in [0.29, 0.717) is 12.3 Å². The molecule has 0 saturated heterocycles. The third kappa shape index (κ3) is 2.95. The molecule has 1 aromatic rings. The Balaban J connectivity index is 3.37. The number of methoxy groups -OCH3 is 1. The van der Waals surface area contributed by atoms with Crippen LogP contribution in [0.3, 0.4) is 0 Å². The van der Waals surface area contributed by atoms with E-state index >= 15 is 0 Å². The van der Waals surface area contributed by atoms with Crippen molar-refractivity contribution in [1.82, 2.24) is 4.98 Å². The molecule has 0 aromatic carbocycles. The van der Waals surface area contributed by atoms with Gasteiger partial charge in [-0.3, -0.25) is 4.98 Å². The van der Waals surface area contributed by atoms with Gasteiger partial charge in [-0.05, 0) is 6.07 Å². The fraction of sp³-hybridized carbons (Fsp3) is 0.250. The highest BCUT2D eigenvalue weighted by Gasteiger charge is 2.38. The molecule has 0 spiro atoms. The number of carbonyl (C=O) groups excluding carboxylic acids is 1. The van der Waals surface area contributed by atoms with Gasteiger partial charge >= 0.3 is 19.3 Å². The van der Waals surface area contributed by atoms with Crippen molar-refractivity contribution in [2.24, 2.45) is 0 Å². The maximum atomic E-state index is 12.5. The van der Waals surface area contributed by atoms with Gasteiger partial charge in [0.2, 0.25) is 0 Å². The second-order valence-corrected chi connectivity index (χ2v) is 3.03. The first-order valence-corrected chi connectivity index (χ1v) is 4.29. The number of alkyl halides is 3. The van der Waals surface area contributed by atoms with Crippen molar-refractivity contribution < 1.29 is 32.8 Å². The van der Waals surface area contributed by atoms with E-state index < -0.39 is 30.5 Å². The first kappa shape index (κ1) is 13.5. The summed E-state index contributed by atoms with van der Waals surface area (Å²) < 4.78 is 41.6. The first-order valence-electron chi connectivity index (χ1n) is 4.29. The maximum absolute atomic E-state index is 12.5. The van der Waals surface area contributed by atoms with Crippen LogP contribution in [0.4, 0.5) is 13.2 Å². The van der Waals surface area contributed by atoms with Gasteiger partial charge < -0.3 is 14.8 Å². The molecule has 1 aromatic heterocycles. The number of halogens is 3. The monoisotopic (exact) mass is 249 g/mol. The van der Waals surface area contributed by atoms with Crippen LogP contribution in [-0.4, -0.2) is 35.2 Å². The fourth-order valence-electron chi connectivity index (χ4n) is 1.11. The van der Waals surface area contributed by atoms with E-state index in [-0.39, 0.29) is 5.46 Å². The average molecular weight is 249 g/mol. The van der Waals surface area contributed by atoms with E-state index in [0.717, 1.165) is 7.11 Å². The van der Waals surface area contributed by atoms with Gasteiger partial charge in [0.25, 0.3) is 0 Å². The molecule has 0 aliphatic carbocycles.